The van der Waals surface area contributed by atoms with Crippen molar-refractivity contribution >= 4 is 17.6 Å². The Morgan fingerprint density at radius 3 is 2.48 bits per heavy atom. The van der Waals surface area contributed by atoms with Crippen molar-refractivity contribution in [3.05, 3.63) is 34.9 Å². The maximum atomic E-state index is 12.1. The van der Waals surface area contributed by atoms with Crippen molar-refractivity contribution < 1.29 is 9.53 Å². The average Bonchev–Trinajstić information content (AvgIpc) is 2.69. The van der Waals surface area contributed by atoms with Crippen LogP contribution in [-0.2, 0) is 11.3 Å². The van der Waals surface area contributed by atoms with Crippen LogP contribution in [0.2, 0.25) is 5.02 Å². The molecule has 2 heterocycles. The summed E-state index contributed by atoms with van der Waals surface area (Å²) in [5.74, 6) is 0. The van der Waals surface area contributed by atoms with E-state index >= 15 is 0 Å². The van der Waals surface area contributed by atoms with Crippen molar-refractivity contribution in [2.75, 3.05) is 52.5 Å². The lowest BCUT2D eigenvalue weighted by Crippen LogP contribution is -2.48. The van der Waals surface area contributed by atoms with Crippen molar-refractivity contribution in [2.45, 2.75) is 31.8 Å². The van der Waals surface area contributed by atoms with Gasteiger partial charge in [-0.3, -0.25) is 9.80 Å². The normalized spacial score (nSPS) is 19.7. The third-order valence-electron chi connectivity index (χ3n) is 5.28. The van der Waals surface area contributed by atoms with Crippen LogP contribution in [0.15, 0.2) is 24.3 Å². The van der Waals surface area contributed by atoms with Gasteiger partial charge >= 0.3 is 6.03 Å². The number of hydrogen-bond acceptors (Lipinski definition) is 4. The summed E-state index contributed by atoms with van der Waals surface area (Å²) in [4.78, 5) is 16.9. The van der Waals surface area contributed by atoms with Gasteiger partial charge in [-0.2, -0.15) is 0 Å². The van der Waals surface area contributed by atoms with Gasteiger partial charge in [-0.15, -0.1) is 0 Å². The molecule has 1 aromatic rings. The van der Waals surface area contributed by atoms with Gasteiger partial charge in [0.05, 0.1) is 13.2 Å². The summed E-state index contributed by atoms with van der Waals surface area (Å²) >= 11 is 5.94. The van der Waals surface area contributed by atoms with Crippen LogP contribution in [0, 0.1) is 0 Å². The van der Waals surface area contributed by atoms with E-state index in [-0.39, 0.29) is 12.1 Å². The Kier molecular flexibility index (Phi) is 8.20. The van der Waals surface area contributed by atoms with E-state index in [9.17, 15) is 4.79 Å². The quantitative estimate of drug-likeness (QED) is 0.697. The molecule has 0 saturated carbocycles. The third-order valence-corrected chi connectivity index (χ3v) is 5.53. The Morgan fingerprint density at radius 1 is 1.07 bits per heavy atom. The molecular weight excluding hydrogens is 364 g/mol. The van der Waals surface area contributed by atoms with E-state index in [1.807, 2.05) is 12.1 Å². The number of ether oxygens (including phenoxy) is 1. The zero-order valence-corrected chi connectivity index (χ0v) is 16.7. The molecule has 27 heavy (non-hydrogen) atoms. The highest BCUT2D eigenvalue weighted by Crippen LogP contribution is 2.15. The molecule has 0 aromatic heterocycles. The molecule has 0 bridgehead atoms. The highest BCUT2D eigenvalue weighted by atomic mass is 35.5. The van der Waals surface area contributed by atoms with Gasteiger partial charge in [0.2, 0.25) is 0 Å². The van der Waals surface area contributed by atoms with Crippen LogP contribution in [0.4, 0.5) is 4.79 Å². The predicted molar refractivity (Wildman–Crippen MR) is 108 cm³/mol. The molecule has 0 spiro atoms. The summed E-state index contributed by atoms with van der Waals surface area (Å²) in [6.07, 6.45) is 2.97. The van der Waals surface area contributed by atoms with E-state index in [1.54, 1.807) is 0 Å². The summed E-state index contributed by atoms with van der Waals surface area (Å²) in [5, 5.41) is 6.89. The zero-order valence-electron chi connectivity index (χ0n) is 16.0. The Bertz CT molecular complexity index is 570. The molecule has 0 aliphatic carbocycles. The summed E-state index contributed by atoms with van der Waals surface area (Å²) in [7, 11) is 0. The Balaban J connectivity index is 1.26. The van der Waals surface area contributed by atoms with Gasteiger partial charge in [0, 0.05) is 50.3 Å². The Morgan fingerprint density at radius 2 is 1.78 bits per heavy atom. The fourth-order valence-electron chi connectivity index (χ4n) is 3.65. The number of carbonyl (C=O) groups excluding carboxylic acids is 1. The molecule has 2 aliphatic heterocycles. The number of halogens is 1. The number of benzene rings is 1. The number of amides is 2. The Hall–Kier alpha value is -1.34. The van der Waals surface area contributed by atoms with E-state index in [1.165, 1.54) is 5.56 Å². The van der Waals surface area contributed by atoms with Gasteiger partial charge < -0.3 is 15.4 Å². The van der Waals surface area contributed by atoms with Gasteiger partial charge in [0.15, 0.2) is 0 Å². The van der Waals surface area contributed by atoms with Crippen molar-refractivity contribution in [3.8, 4) is 0 Å². The van der Waals surface area contributed by atoms with Crippen LogP contribution < -0.4 is 10.6 Å². The molecule has 2 amide bonds. The number of carbonyl (C=O) groups is 1. The molecule has 1 aromatic carbocycles. The second kappa shape index (κ2) is 10.9. The number of likely N-dealkylation sites (tertiary alicyclic amines) is 1. The number of rotatable bonds is 7. The number of hydrogen-bond donors (Lipinski definition) is 2. The topological polar surface area (TPSA) is 56.8 Å². The highest BCUT2D eigenvalue weighted by molar-refractivity contribution is 6.30. The molecule has 150 valence electrons. The number of nitrogens with zero attached hydrogens (tertiary/aromatic N) is 2. The number of morpholine rings is 1. The van der Waals surface area contributed by atoms with Gasteiger partial charge in [-0.05, 0) is 43.5 Å². The molecule has 2 aliphatic rings. The summed E-state index contributed by atoms with van der Waals surface area (Å²) < 4.78 is 5.34. The second-order valence-electron chi connectivity index (χ2n) is 7.38. The number of urea groups is 1. The van der Waals surface area contributed by atoms with E-state index in [0.717, 1.165) is 83.3 Å². The first-order valence-electron chi connectivity index (χ1n) is 10.0. The van der Waals surface area contributed by atoms with Crippen LogP contribution in [-0.4, -0.2) is 74.4 Å². The summed E-state index contributed by atoms with van der Waals surface area (Å²) in [5.41, 5.74) is 1.28. The summed E-state index contributed by atoms with van der Waals surface area (Å²) in [6.45, 7) is 8.34. The lowest BCUT2D eigenvalue weighted by molar-refractivity contribution is 0.0375. The number of nitrogens with one attached hydrogen (secondary N) is 2. The third kappa shape index (κ3) is 7.30. The standard InChI is InChI=1S/C20H31ClN4O2/c21-18-4-2-17(3-5-18)16-25-10-6-19(7-11-25)23-20(26)22-8-1-9-24-12-14-27-15-13-24/h2-5,19H,1,6-16H2,(H2,22,23,26). The van der Waals surface area contributed by atoms with Crippen molar-refractivity contribution in [3.63, 3.8) is 0 Å². The molecule has 2 N–H and O–H groups in total. The van der Waals surface area contributed by atoms with Crippen LogP contribution >= 0.6 is 11.6 Å². The fraction of sp³-hybridized carbons (Fsp3) is 0.650. The van der Waals surface area contributed by atoms with Gasteiger partial charge in [-0.25, -0.2) is 4.79 Å². The van der Waals surface area contributed by atoms with Gasteiger partial charge in [0.1, 0.15) is 0 Å². The first-order chi connectivity index (χ1) is 13.2. The molecule has 3 rings (SSSR count). The molecule has 0 radical (unpaired) electrons. The molecule has 2 saturated heterocycles. The van der Waals surface area contributed by atoms with E-state index in [4.69, 9.17) is 16.3 Å². The first-order valence-corrected chi connectivity index (χ1v) is 10.4. The van der Waals surface area contributed by atoms with Crippen LogP contribution in [0.1, 0.15) is 24.8 Å². The van der Waals surface area contributed by atoms with Gasteiger partial charge in [0.25, 0.3) is 0 Å². The predicted octanol–water partition coefficient (Wildman–Crippen LogP) is 2.33. The largest absolute Gasteiger partial charge is 0.379 e. The van der Waals surface area contributed by atoms with Crippen LogP contribution in [0.25, 0.3) is 0 Å². The maximum Gasteiger partial charge on any atom is 0.315 e. The SMILES string of the molecule is O=C(NCCCN1CCOCC1)NC1CCN(Cc2ccc(Cl)cc2)CC1. The maximum absolute atomic E-state index is 12.1. The van der Waals surface area contributed by atoms with E-state index < -0.39 is 0 Å². The van der Waals surface area contributed by atoms with Crippen LogP contribution in [0.5, 0.6) is 0 Å². The molecule has 0 atom stereocenters. The number of piperidine rings is 1. The minimum atomic E-state index is -0.0341. The molecule has 0 unspecified atom stereocenters. The molecule has 7 heteroatoms. The lowest BCUT2D eigenvalue weighted by Gasteiger charge is -2.32. The first kappa shape index (κ1) is 20.4. The molecule has 2 fully saturated rings. The fourth-order valence-corrected chi connectivity index (χ4v) is 3.78. The lowest BCUT2D eigenvalue weighted by atomic mass is 10.0. The van der Waals surface area contributed by atoms with Crippen molar-refractivity contribution in [1.82, 2.24) is 20.4 Å². The summed E-state index contributed by atoms with van der Waals surface area (Å²) in [6, 6.07) is 8.27. The average molecular weight is 395 g/mol. The minimum Gasteiger partial charge on any atom is -0.379 e. The zero-order chi connectivity index (χ0) is 18.9. The van der Waals surface area contributed by atoms with Crippen molar-refractivity contribution in [1.29, 1.82) is 0 Å². The smallest absolute Gasteiger partial charge is 0.315 e. The van der Waals surface area contributed by atoms with Crippen molar-refractivity contribution in [2.24, 2.45) is 0 Å². The molecule has 6 nitrogen and oxygen atoms in total. The molecular formula is C20H31ClN4O2. The van der Waals surface area contributed by atoms with Crippen LogP contribution in [0.3, 0.4) is 0 Å². The van der Waals surface area contributed by atoms with E-state index in [0.29, 0.717) is 0 Å². The second-order valence-corrected chi connectivity index (χ2v) is 7.82. The van der Waals surface area contributed by atoms with E-state index in [2.05, 4.69) is 32.6 Å². The minimum absolute atomic E-state index is 0.0341. The monoisotopic (exact) mass is 394 g/mol. The highest BCUT2D eigenvalue weighted by Gasteiger charge is 2.20. The Labute approximate surface area is 167 Å². The van der Waals surface area contributed by atoms with Gasteiger partial charge in [-0.1, -0.05) is 23.7 Å².